The molecular weight excluding hydrogens is 270 g/mol. The Hall–Kier alpha value is -2.08. The lowest BCUT2D eigenvalue weighted by atomic mass is 10.2. The zero-order chi connectivity index (χ0) is 15.8. The van der Waals surface area contributed by atoms with E-state index in [1.54, 1.807) is 0 Å². The highest BCUT2D eigenvalue weighted by Gasteiger charge is 2.24. The number of hydrogen-bond donors (Lipinski definition) is 2. The van der Waals surface area contributed by atoms with E-state index in [1.807, 2.05) is 58.0 Å². The predicted octanol–water partition coefficient (Wildman–Crippen LogP) is 2.66. The average Bonchev–Trinajstić information content (AvgIpc) is 2.38. The predicted molar refractivity (Wildman–Crippen MR) is 80.4 cm³/mol. The van der Waals surface area contributed by atoms with E-state index in [0.29, 0.717) is 0 Å². The number of nitrogens with zero attached hydrogens (tertiary/aromatic N) is 1. The Morgan fingerprint density at radius 2 is 1.48 bits per heavy atom. The number of rotatable bonds is 5. The number of urea groups is 2. The zero-order valence-corrected chi connectivity index (χ0v) is 12.9. The first-order valence-electron chi connectivity index (χ1n) is 6.98. The molecule has 0 bridgehead atoms. The monoisotopic (exact) mass is 293 g/mol. The highest BCUT2D eigenvalue weighted by molar-refractivity contribution is 5.92. The summed E-state index contributed by atoms with van der Waals surface area (Å²) >= 11 is 0. The van der Waals surface area contributed by atoms with Gasteiger partial charge in [0.05, 0.1) is 0 Å². The van der Waals surface area contributed by atoms with Gasteiger partial charge in [0.25, 0.3) is 0 Å². The first-order chi connectivity index (χ1) is 9.90. The molecule has 1 aromatic carbocycles. The molecule has 6 heteroatoms. The number of amides is 4. The van der Waals surface area contributed by atoms with Gasteiger partial charge in [0, 0.05) is 12.1 Å². The summed E-state index contributed by atoms with van der Waals surface area (Å²) in [6, 6.07) is 7.99. The Morgan fingerprint density at radius 1 is 1.00 bits per heavy atom. The number of carbonyl (C=O) groups excluding carboxylic acids is 2. The van der Waals surface area contributed by atoms with Gasteiger partial charge >= 0.3 is 12.1 Å². The molecule has 0 radical (unpaired) electrons. The van der Waals surface area contributed by atoms with Crippen LogP contribution in [0.1, 0.15) is 33.3 Å². The molecule has 0 saturated heterocycles. The molecule has 6 nitrogen and oxygen atoms in total. The van der Waals surface area contributed by atoms with Gasteiger partial charge in [0.15, 0.2) is 0 Å². The molecule has 21 heavy (non-hydrogen) atoms. The normalized spacial score (nSPS) is 10.6. The van der Waals surface area contributed by atoms with Gasteiger partial charge in [-0.1, -0.05) is 30.3 Å². The average molecular weight is 293 g/mol. The van der Waals surface area contributed by atoms with Crippen LogP contribution in [0.3, 0.4) is 0 Å². The van der Waals surface area contributed by atoms with Gasteiger partial charge in [0.2, 0.25) is 0 Å². The second kappa shape index (κ2) is 8.26. The van der Waals surface area contributed by atoms with Gasteiger partial charge < -0.3 is 10.6 Å². The maximum atomic E-state index is 12.0. The molecule has 0 heterocycles. The number of carbonyl (C=O) groups is 2. The van der Waals surface area contributed by atoms with Crippen molar-refractivity contribution in [2.45, 2.75) is 46.4 Å². The molecule has 0 unspecified atom stereocenters. The number of benzene rings is 1. The van der Waals surface area contributed by atoms with E-state index in [0.717, 1.165) is 10.6 Å². The fourth-order valence-electron chi connectivity index (χ4n) is 1.53. The Bertz CT molecular complexity index is 438. The van der Waals surface area contributed by atoms with E-state index in [9.17, 15) is 9.59 Å². The summed E-state index contributed by atoms with van der Waals surface area (Å²) in [5, 5.41) is 6.00. The molecular formula is C15H23N3O3. The lowest BCUT2D eigenvalue weighted by Gasteiger charge is -2.23. The van der Waals surface area contributed by atoms with E-state index in [4.69, 9.17) is 4.84 Å². The van der Waals surface area contributed by atoms with Crippen LogP contribution in [0.4, 0.5) is 9.59 Å². The van der Waals surface area contributed by atoms with Crippen molar-refractivity contribution in [3.8, 4) is 0 Å². The summed E-state index contributed by atoms with van der Waals surface area (Å²) in [6.07, 6.45) is 0. The summed E-state index contributed by atoms with van der Waals surface area (Å²) in [4.78, 5) is 29.4. The maximum Gasteiger partial charge on any atom is 0.350 e. The molecule has 1 rings (SSSR count). The first-order valence-corrected chi connectivity index (χ1v) is 6.98. The van der Waals surface area contributed by atoms with Crippen LogP contribution in [-0.2, 0) is 11.4 Å². The quantitative estimate of drug-likeness (QED) is 0.820. The van der Waals surface area contributed by atoms with E-state index < -0.39 is 12.1 Å². The molecule has 0 saturated carbocycles. The van der Waals surface area contributed by atoms with Gasteiger partial charge in [-0.3, -0.25) is 4.84 Å². The summed E-state index contributed by atoms with van der Waals surface area (Å²) in [5.41, 5.74) is 0.872. The van der Waals surface area contributed by atoms with Crippen LogP contribution in [0.15, 0.2) is 30.3 Å². The van der Waals surface area contributed by atoms with Crippen molar-refractivity contribution in [1.29, 1.82) is 0 Å². The highest BCUT2D eigenvalue weighted by Crippen LogP contribution is 2.04. The molecule has 0 aliphatic rings. The SMILES string of the molecule is CC(C)NC(=O)N(OCc1ccccc1)C(=O)NC(C)C. The zero-order valence-electron chi connectivity index (χ0n) is 12.9. The molecule has 0 aliphatic carbocycles. The number of hydrogen-bond acceptors (Lipinski definition) is 3. The summed E-state index contributed by atoms with van der Waals surface area (Å²) in [7, 11) is 0. The van der Waals surface area contributed by atoms with Gasteiger partial charge in [-0.2, -0.15) is 0 Å². The van der Waals surface area contributed by atoms with Crippen LogP contribution in [-0.4, -0.2) is 29.2 Å². The van der Waals surface area contributed by atoms with Gasteiger partial charge in [-0.05, 0) is 33.3 Å². The minimum atomic E-state index is -0.584. The van der Waals surface area contributed by atoms with Crippen molar-refractivity contribution in [2.24, 2.45) is 0 Å². The lowest BCUT2D eigenvalue weighted by molar-refractivity contribution is -0.0912. The van der Waals surface area contributed by atoms with Crippen LogP contribution in [0.25, 0.3) is 0 Å². The molecule has 0 atom stereocenters. The largest absolute Gasteiger partial charge is 0.350 e. The van der Waals surface area contributed by atoms with Crippen molar-refractivity contribution in [3.05, 3.63) is 35.9 Å². The molecule has 1 aromatic rings. The van der Waals surface area contributed by atoms with Crippen LogP contribution >= 0.6 is 0 Å². The molecule has 4 amide bonds. The van der Waals surface area contributed by atoms with Gasteiger partial charge in [0.1, 0.15) is 6.61 Å². The fourth-order valence-corrected chi connectivity index (χ4v) is 1.53. The van der Waals surface area contributed by atoms with E-state index in [-0.39, 0.29) is 18.7 Å². The molecule has 0 fully saturated rings. The molecule has 0 aliphatic heterocycles. The van der Waals surface area contributed by atoms with Gasteiger partial charge in [-0.15, -0.1) is 5.06 Å². The number of hydroxylamine groups is 2. The number of imide groups is 1. The first kappa shape index (κ1) is 17.0. The van der Waals surface area contributed by atoms with Crippen molar-refractivity contribution in [3.63, 3.8) is 0 Å². The van der Waals surface area contributed by atoms with Crippen LogP contribution in [0.2, 0.25) is 0 Å². The van der Waals surface area contributed by atoms with E-state index in [2.05, 4.69) is 10.6 Å². The fraction of sp³-hybridized carbons (Fsp3) is 0.467. The third-order valence-corrected chi connectivity index (χ3v) is 2.40. The van der Waals surface area contributed by atoms with Crippen molar-refractivity contribution in [1.82, 2.24) is 15.7 Å². The van der Waals surface area contributed by atoms with E-state index in [1.165, 1.54) is 0 Å². The van der Waals surface area contributed by atoms with Crippen molar-refractivity contribution in [2.75, 3.05) is 0 Å². The van der Waals surface area contributed by atoms with Crippen LogP contribution in [0, 0.1) is 0 Å². The molecule has 0 aromatic heterocycles. The smallest absolute Gasteiger partial charge is 0.334 e. The molecule has 116 valence electrons. The third-order valence-electron chi connectivity index (χ3n) is 2.40. The minimum Gasteiger partial charge on any atom is -0.334 e. The standard InChI is InChI=1S/C15H23N3O3/c1-11(2)16-14(19)18(15(20)17-12(3)4)21-10-13-8-6-5-7-9-13/h5-9,11-12H,10H2,1-4H3,(H,16,19)(H,17,20). The number of nitrogens with one attached hydrogen (secondary N) is 2. The second-order valence-electron chi connectivity index (χ2n) is 5.26. The van der Waals surface area contributed by atoms with Crippen LogP contribution in [0.5, 0.6) is 0 Å². The Labute approximate surface area is 125 Å². The maximum absolute atomic E-state index is 12.0. The van der Waals surface area contributed by atoms with Crippen molar-refractivity contribution >= 4 is 12.1 Å². The third kappa shape index (κ3) is 6.27. The van der Waals surface area contributed by atoms with Crippen molar-refractivity contribution < 1.29 is 14.4 Å². The topological polar surface area (TPSA) is 70.7 Å². The summed E-state index contributed by atoms with van der Waals surface area (Å²) in [6.45, 7) is 7.39. The summed E-state index contributed by atoms with van der Waals surface area (Å²) < 4.78 is 0. The highest BCUT2D eigenvalue weighted by atomic mass is 16.7. The summed E-state index contributed by atoms with van der Waals surface area (Å²) in [5.74, 6) is 0. The minimum absolute atomic E-state index is 0.0906. The second-order valence-corrected chi connectivity index (χ2v) is 5.26. The Kier molecular flexibility index (Phi) is 6.68. The van der Waals surface area contributed by atoms with Crippen LogP contribution < -0.4 is 10.6 Å². The van der Waals surface area contributed by atoms with Gasteiger partial charge in [-0.25, -0.2) is 9.59 Å². The lowest BCUT2D eigenvalue weighted by Crippen LogP contribution is -2.51. The molecule has 2 N–H and O–H groups in total. The molecule has 0 spiro atoms. The van der Waals surface area contributed by atoms with E-state index >= 15 is 0 Å². The Balaban J connectivity index is 2.71. The Morgan fingerprint density at radius 3 is 1.90 bits per heavy atom.